The number of hydrogen-bond acceptors (Lipinski definition) is 2. The van der Waals surface area contributed by atoms with Crippen LogP contribution in [0.2, 0.25) is 0 Å². The molecule has 20 heavy (non-hydrogen) atoms. The van der Waals surface area contributed by atoms with Gasteiger partial charge in [-0.3, -0.25) is 4.79 Å². The molecule has 1 unspecified atom stereocenters. The van der Waals surface area contributed by atoms with E-state index in [9.17, 15) is 4.79 Å². The highest BCUT2D eigenvalue weighted by Gasteiger charge is 2.34. The number of amides is 1. The monoisotopic (exact) mass is 282 g/mol. The maximum Gasteiger partial charge on any atom is 0.224 e. The summed E-state index contributed by atoms with van der Waals surface area (Å²) >= 11 is 0. The predicted octanol–water partition coefficient (Wildman–Crippen LogP) is 3.73. The summed E-state index contributed by atoms with van der Waals surface area (Å²) in [6.45, 7) is 7.46. The van der Waals surface area contributed by atoms with E-state index in [1.54, 1.807) is 0 Å². The van der Waals surface area contributed by atoms with E-state index in [4.69, 9.17) is 0 Å². The number of carbonyl (C=O) groups is 1. The van der Waals surface area contributed by atoms with E-state index in [0.717, 1.165) is 38.6 Å². The molecule has 1 atom stereocenters. The second kappa shape index (κ2) is 8.66. The van der Waals surface area contributed by atoms with Crippen LogP contribution in [0.3, 0.4) is 0 Å². The Morgan fingerprint density at radius 3 is 2.40 bits per heavy atom. The van der Waals surface area contributed by atoms with Crippen LogP contribution in [0.4, 0.5) is 0 Å². The minimum absolute atomic E-state index is 0.0628. The summed E-state index contributed by atoms with van der Waals surface area (Å²) < 4.78 is 0. The summed E-state index contributed by atoms with van der Waals surface area (Å²) in [4.78, 5) is 14.9. The number of unbranched alkanes of at least 4 members (excludes halogenated alkanes) is 1. The summed E-state index contributed by atoms with van der Waals surface area (Å²) in [5.74, 6) is 0.351. The van der Waals surface area contributed by atoms with Crippen molar-refractivity contribution in [2.75, 3.05) is 13.6 Å². The van der Waals surface area contributed by atoms with Crippen LogP contribution >= 0.6 is 0 Å². The third-order valence-corrected chi connectivity index (χ3v) is 5.03. The van der Waals surface area contributed by atoms with E-state index in [0.29, 0.717) is 18.4 Å². The molecule has 0 bridgehead atoms. The first kappa shape index (κ1) is 17.5. The maximum absolute atomic E-state index is 12.8. The molecule has 0 radical (unpaired) electrons. The van der Waals surface area contributed by atoms with Gasteiger partial charge in [0, 0.05) is 24.5 Å². The molecule has 1 amide bonds. The highest BCUT2D eigenvalue weighted by Crippen LogP contribution is 2.31. The van der Waals surface area contributed by atoms with Crippen molar-refractivity contribution in [3.8, 4) is 0 Å². The van der Waals surface area contributed by atoms with Gasteiger partial charge in [0.2, 0.25) is 5.91 Å². The lowest BCUT2D eigenvalue weighted by Crippen LogP contribution is -2.50. The van der Waals surface area contributed by atoms with Gasteiger partial charge in [-0.25, -0.2) is 0 Å². The van der Waals surface area contributed by atoms with Gasteiger partial charge in [0.1, 0.15) is 0 Å². The smallest absolute Gasteiger partial charge is 0.224 e. The highest BCUT2D eigenvalue weighted by molar-refractivity contribution is 5.77. The molecule has 0 aliphatic heterocycles. The fraction of sp³-hybridized carbons (Fsp3) is 0.941. The lowest BCUT2D eigenvalue weighted by molar-refractivity contribution is -0.135. The minimum Gasteiger partial charge on any atom is -0.340 e. The Bertz CT molecular complexity index is 285. The average molecular weight is 282 g/mol. The third kappa shape index (κ3) is 4.76. The van der Waals surface area contributed by atoms with Gasteiger partial charge in [0.05, 0.1) is 0 Å². The molecule has 1 saturated carbocycles. The second-order valence-electron chi connectivity index (χ2n) is 6.47. The predicted molar refractivity (Wildman–Crippen MR) is 85.9 cm³/mol. The molecule has 1 N–H and O–H groups in total. The van der Waals surface area contributed by atoms with E-state index in [1.807, 2.05) is 7.05 Å². The van der Waals surface area contributed by atoms with Crippen molar-refractivity contribution in [2.45, 2.75) is 90.1 Å². The molecule has 3 nitrogen and oxygen atoms in total. The normalized spacial score (nSPS) is 19.6. The SMILES string of the molecule is CCCCN(C(=O)CC1(NC)CCCCC1)C(C)CC. The fourth-order valence-corrected chi connectivity index (χ4v) is 3.27. The quantitative estimate of drug-likeness (QED) is 0.736. The number of carbonyl (C=O) groups excluding carboxylic acids is 1. The molecule has 0 aromatic heterocycles. The van der Waals surface area contributed by atoms with Crippen molar-refractivity contribution in [3.63, 3.8) is 0 Å². The summed E-state index contributed by atoms with van der Waals surface area (Å²) in [7, 11) is 2.03. The van der Waals surface area contributed by atoms with Crippen molar-refractivity contribution in [1.29, 1.82) is 0 Å². The Balaban J connectivity index is 2.67. The molecule has 1 fully saturated rings. The molecular weight excluding hydrogens is 248 g/mol. The van der Waals surface area contributed by atoms with Crippen LogP contribution in [-0.2, 0) is 4.79 Å². The highest BCUT2D eigenvalue weighted by atomic mass is 16.2. The van der Waals surface area contributed by atoms with Gasteiger partial charge in [0.15, 0.2) is 0 Å². The third-order valence-electron chi connectivity index (χ3n) is 5.03. The van der Waals surface area contributed by atoms with Crippen LogP contribution in [0.5, 0.6) is 0 Å². The number of nitrogens with zero attached hydrogens (tertiary/aromatic N) is 1. The molecule has 1 aliphatic rings. The first-order valence-electron chi connectivity index (χ1n) is 8.57. The van der Waals surface area contributed by atoms with Crippen molar-refractivity contribution in [2.24, 2.45) is 0 Å². The van der Waals surface area contributed by atoms with Gasteiger partial charge in [-0.15, -0.1) is 0 Å². The molecule has 0 aromatic rings. The van der Waals surface area contributed by atoms with Crippen molar-refractivity contribution in [1.82, 2.24) is 10.2 Å². The first-order valence-corrected chi connectivity index (χ1v) is 8.57. The molecule has 3 heteroatoms. The molecule has 118 valence electrons. The molecule has 0 spiro atoms. The number of rotatable bonds is 8. The molecular formula is C17H34N2O. The van der Waals surface area contributed by atoms with Crippen molar-refractivity contribution in [3.05, 3.63) is 0 Å². The summed E-state index contributed by atoms with van der Waals surface area (Å²) in [5.41, 5.74) is 0.0628. The van der Waals surface area contributed by atoms with Crippen LogP contribution in [0.15, 0.2) is 0 Å². The Morgan fingerprint density at radius 1 is 1.25 bits per heavy atom. The molecule has 1 aliphatic carbocycles. The summed E-state index contributed by atoms with van der Waals surface area (Å²) in [6.07, 6.45) is 10.1. The van der Waals surface area contributed by atoms with Crippen LogP contribution in [0, 0.1) is 0 Å². The molecule has 0 heterocycles. The second-order valence-corrected chi connectivity index (χ2v) is 6.47. The lowest BCUT2D eigenvalue weighted by Gasteiger charge is -2.39. The zero-order valence-corrected chi connectivity index (χ0v) is 14.0. The minimum atomic E-state index is 0.0628. The van der Waals surface area contributed by atoms with Crippen LogP contribution in [0.1, 0.15) is 78.6 Å². The Hall–Kier alpha value is -0.570. The van der Waals surface area contributed by atoms with E-state index in [1.165, 1.54) is 19.3 Å². The van der Waals surface area contributed by atoms with Crippen molar-refractivity contribution < 1.29 is 4.79 Å². The van der Waals surface area contributed by atoms with E-state index >= 15 is 0 Å². The molecule has 0 aromatic carbocycles. The zero-order valence-electron chi connectivity index (χ0n) is 14.0. The lowest BCUT2D eigenvalue weighted by atomic mass is 9.79. The maximum atomic E-state index is 12.8. The van der Waals surface area contributed by atoms with Gasteiger partial charge in [0.25, 0.3) is 0 Å². The van der Waals surface area contributed by atoms with E-state index < -0.39 is 0 Å². The Kier molecular flexibility index (Phi) is 7.57. The largest absolute Gasteiger partial charge is 0.340 e. The Labute approximate surface area is 125 Å². The van der Waals surface area contributed by atoms with Crippen LogP contribution in [0.25, 0.3) is 0 Å². The molecule has 0 saturated heterocycles. The standard InChI is InChI=1S/C17H34N2O/c1-5-7-13-19(15(3)6-2)16(20)14-17(18-4)11-9-8-10-12-17/h15,18H,5-14H2,1-4H3. The Morgan fingerprint density at radius 2 is 1.90 bits per heavy atom. The van der Waals surface area contributed by atoms with Gasteiger partial charge < -0.3 is 10.2 Å². The van der Waals surface area contributed by atoms with Crippen molar-refractivity contribution >= 4 is 5.91 Å². The van der Waals surface area contributed by atoms with Gasteiger partial charge in [-0.2, -0.15) is 0 Å². The van der Waals surface area contributed by atoms with E-state index in [2.05, 4.69) is 31.0 Å². The summed E-state index contributed by atoms with van der Waals surface area (Å²) in [5, 5.41) is 3.47. The number of nitrogens with one attached hydrogen (secondary N) is 1. The van der Waals surface area contributed by atoms with Gasteiger partial charge in [-0.1, -0.05) is 39.5 Å². The van der Waals surface area contributed by atoms with E-state index in [-0.39, 0.29) is 5.54 Å². The number of hydrogen-bond donors (Lipinski definition) is 1. The fourth-order valence-electron chi connectivity index (χ4n) is 3.27. The van der Waals surface area contributed by atoms with Crippen LogP contribution in [-0.4, -0.2) is 36.0 Å². The van der Waals surface area contributed by atoms with Gasteiger partial charge in [-0.05, 0) is 39.7 Å². The average Bonchev–Trinajstić information content (AvgIpc) is 2.48. The topological polar surface area (TPSA) is 32.3 Å². The molecule has 1 rings (SSSR count). The first-order chi connectivity index (χ1) is 9.58. The summed E-state index contributed by atoms with van der Waals surface area (Å²) in [6, 6.07) is 0.367. The zero-order chi connectivity index (χ0) is 15.0. The van der Waals surface area contributed by atoms with Crippen LogP contribution < -0.4 is 5.32 Å². The van der Waals surface area contributed by atoms with Gasteiger partial charge >= 0.3 is 0 Å².